The third kappa shape index (κ3) is 6.94. The molecular formula is C18H14BrN7O4S. The number of nitro groups is 1. The molecule has 13 heteroatoms. The first-order chi connectivity index (χ1) is 14.9. The molecule has 0 saturated heterocycles. The van der Waals surface area contributed by atoms with Crippen LogP contribution >= 0.6 is 27.3 Å². The number of hydrazone groups is 1. The van der Waals surface area contributed by atoms with E-state index in [0.717, 1.165) is 15.8 Å². The molecule has 0 unspecified atom stereocenters. The van der Waals surface area contributed by atoms with Crippen molar-refractivity contribution in [2.75, 3.05) is 10.6 Å². The average Bonchev–Trinajstić information content (AvgIpc) is 3.16. The zero-order chi connectivity index (χ0) is 22.2. The van der Waals surface area contributed by atoms with Crippen LogP contribution in [-0.2, 0) is 11.2 Å². The molecule has 0 aliphatic carbocycles. The van der Waals surface area contributed by atoms with Crippen molar-refractivity contribution in [3.05, 3.63) is 73.7 Å². The molecule has 3 aromatic rings. The van der Waals surface area contributed by atoms with Gasteiger partial charge in [-0.2, -0.15) is 5.10 Å². The van der Waals surface area contributed by atoms with Gasteiger partial charge >= 0.3 is 6.03 Å². The van der Waals surface area contributed by atoms with E-state index >= 15 is 0 Å². The number of nitro benzene ring substituents is 1. The quantitative estimate of drug-likeness (QED) is 0.254. The van der Waals surface area contributed by atoms with Crippen molar-refractivity contribution in [1.82, 2.24) is 15.6 Å². The van der Waals surface area contributed by atoms with Gasteiger partial charge in [0.2, 0.25) is 11.0 Å². The van der Waals surface area contributed by atoms with E-state index in [1.165, 1.54) is 30.5 Å². The van der Waals surface area contributed by atoms with Crippen LogP contribution in [0.4, 0.5) is 21.3 Å². The molecular weight excluding hydrogens is 490 g/mol. The largest absolute Gasteiger partial charge is 0.325 e. The number of hydrogen-bond acceptors (Lipinski definition) is 8. The van der Waals surface area contributed by atoms with E-state index in [0.29, 0.717) is 16.3 Å². The molecule has 3 N–H and O–H groups in total. The van der Waals surface area contributed by atoms with Crippen LogP contribution in [0.25, 0.3) is 0 Å². The Hall–Kier alpha value is -3.71. The van der Waals surface area contributed by atoms with Crippen LogP contribution in [0, 0.1) is 10.1 Å². The summed E-state index contributed by atoms with van der Waals surface area (Å²) >= 11 is 4.37. The van der Waals surface area contributed by atoms with Gasteiger partial charge in [0.15, 0.2) is 0 Å². The van der Waals surface area contributed by atoms with Crippen molar-refractivity contribution < 1.29 is 14.5 Å². The highest BCUT2D eigenvalue weighted by atomic mass is 79.9. The molecule has 0 radical (unpaired) electrons. The fraction of sp³-hybridized carbons (Fsp3) is 0.0556. The van der Waals surface area contributed by atoms with Gasteiger partial charge in [0, 0.05) is 22.3 Å². The van der Waals surface area contributed by atoms with E-state index in [1.54, 1.807) is 24.3 Å². The number of non-ortho nitro benzene ring substituents is 1. The standard InChI is InChI=1S/C18H14BrN7O4S/c19-12-3-5-13(6-4-12)21-17(28)22-18-25-24-16(31-18)9-15(27)23-20-10-11-1-7-14(8-2-11)26(29)30/h1-8,10H,9H2,(H,23,27)(H2,21,22,25,28)/b20-10-. The lowest BCUT2D eigenvalue weighted by Crippen LogP contribution is -2.19. The smallest absolute Gasteiger partial charge is 0.308 e. The Bertz CT molecular complexity index is 1120. The summed E-state index contributed by atoms with van der Waals surface area (Å²) in [6.45, 7) is 0. The summed E-state index contributed by atoms with van der Waals surface area (Å²) in [7, 11) is 0. The Balaban J connectivity index is 1.46. The van der Waals surface area contributed by atoms with Crippen molar-refractivity contribution >= 4 is 61.9 Å². The normalized spacial score (nSPS) is 10.6. The number of carbonyl (C=O) groups is 2. The van der Waals surface area contributed by atoms with Crippen molar-refractivity contribution in [2.45, 2.75) is 6.42 Å². The summed E-state index contributed by atoms with van der Waals surface area (Å²) in [5.74, 6) is -0.430. The lowest BCUT2D eigenvalue weighted by Gasteiger charge is -2.04. The molecule has 0 fully saturated rings. The molecule has 0 saturated carbocycles. The number of benzene rings is 2. The summed E-state index contributed by atoms with van der Waals surface area (Å²) in [6, 6.07) is 12.3. The van der Waals surface area contributed by atoms with Gasteiger partial charge < -0.3 is 5.32 Å². The zero-order valence-corrected chi connectivity index (χ0v) is 18.0. The number of anilines is 2. The van der Waals surface area contributed by atoms with Crippen LogP contribution < -0.4 is 16.1 Å². The highest BCUT2D eigenvalue weighted by Gasteiger charge is 2.11. The van der Waals surface area contributed by atoms with E-state index in [2.05, 4.69) is 47.3 Å². The van der Waals surface area contributed by atoms with Crippen LogP contribution in [0.5, 0.6) is 0 Å². The monoisotopic (exact) mass is 503 g/mol. The van der Waals surface area contributed by atoms with Gasteiger partial charge in [-0.3, -0.25) is 20.2 Å². The molecule has 11 nitrogen and oxygen atoms in total. The number of nitrogens with one attached hydrogen (secondary N) is 3. The van der Waals surface area contributed by atoms with Gasteiger partial charge in [-0.15, -0.1) is 10.2 Å². The fourth-order valence-corrected chi connectivity index (χ4v) is 3.20. The summed E-state index contributed by atoms with van der Waals surface area (Å²) in [5, 5.41) is 27.9. The second-order valence-electron chi connectivity index (χ2n) is 5.91. The van der Waals surface area contributed by atoms with Crippen molar-refractivity contribution in [2.24, 2.45) is 5.10 Å². The number of hydrogen-bond donors (Lipinski definition) is 3. The van der Waals surface area contributed by atoms with Gasteiger partial charge in [-0.05, 0) is 42.0 Å². The van der Waals surface area contributed by atoms with E-state index in [9.17, 15) is 19.7 Å². The Morgan fingerprint density at radius 3 is 2.48 bits per heavy atom. The lowest BCUT2D eigenvalue weighted by molar-refractivity contribution is -0.384. The molecule has 0 bridgehead atoms. The Kier molecular flexibility index (Phi) is 7.35. The number of aromatic nitrogens is 2. The number of urea groups is 1. The second-order valence-corrected chi connectivity index (χ2v) is 7.88. The maximum atomic E-state index is 12.0. The van der Waals surface area contributed by atoms with Crippen molar-refractivity contribution in [3.63, 3.8) is 0 Å². The summed E-state index contributed by atoms with van der Waals surface area (Å²) in [6.07, 6.45) is 1.28. The molecule has 1 aromatic heterocycles. The Morgan fingerprint density at radius 1 is 1.10 bits per heavy atom. The molecule has 0 atom stereocenters. The van der Waals surface area contributed by atoms with Gasteiger partial charge in [-0.1, -0.05) is 27.3 Å². The highest BCUT2D eigenvalue weighted by Crippen LogP contribution is 2.17. The Morgan fingerprint density at radius 2 is 1.81 bits per heavy atom. The number of carbonyl (C=O) groups excluding carboxylic acids is 2. The van der Waals surface area contributed by atoms with E-state index in [4.69, 9.17) is 0 Å². The molecule has 0 aliphatic rings. The molecule has 1 heterocycles. The number of amides is 3. The fourth-order valence-electron chi connectivity index (χ4n) is 2.21. The maximum absolute atomic E-state index is 12.0. The predicted octanol–water partition coefficient (Wildman–Crippen LogP) is 3.55. The van der Waals surface area contributed by atoms with E-state index in [1.807, 2.05) is 0 Å². The maximum Gasteiger partial charge on any atom is 0.325 e. The first kappa shape index (κ1) is 22.0. The average molecular weight is 504 g/mol. The minimum Gasteiger partial charge on any atom is -0.308 e. The predicted molar refractivity (Wildman–Crippen MR) is 119 cm³/mol. The lowest BCUT2D eigenvalue weighted by atomic mass is 10.2. The molecule has 158 valence electrons. The van der Waals surface area contributed by atoms with Crippen LogP contribution in [0.1, 0.15) is 10.6 Å². The van der Waals surface area contributed by atoms with Crippen LogP contribution in [0.3, 0.4) is 0 Å². The Labute approximate surface area is 187 Å². The van der Waals surface area contributed by atoms with Crippen LogP contribution in [0.2, 0.25) is 0 Å². The first-order valence-electron chi connectivity index (χ1n) is 8.61. The molecule has 0 spiro atoms. The number of halogens is 1. The molecule has 2 aromatic carbocycles. The molecule has 0 aliphatic heterocycles. The number of rotatable bonds is 7. The van der Waals surface area contributed by atoms with Crippen molar-refractivity contribution in [1.29, 1.82) is 0 Å². The first-order valence-corrected chi connectivity index (χ1v) is 10.2. The van der Waals surface area contributed by atoms with Crippen LogP contribution in [0.15, 0.2) is 58.1 Å². The highest BCUT2D eigenvalue weighted by molar-refractivity contribution is 9.10. The molecule has 3 amide bonds. The minimum atomic E-state index is -0.502. The van der Waals surface area contributed by atoms with Gasteiger partial charge in [0.1, 0.15) is 5.01 Å². The molecule has 31 heavy (non-hydrogen) atoms. The second kappa shape index (κ2) is 10.4. The summed E-state index contributed by atoms with van der Waals surface area (Å²) in [5.41, 5.74) is 3.50. The van der Waals surface area contributed by atoms with E-state index < -0.39 is 16.9 Å². The minimum absolute atomic E-state index is 0.0348. The van der Waals surface area contributed by atoms with Crippen LogP contribution in [-0.4, -0.2) is 33.3 Å². The van der Waals surface area contributed by atoms with Gasteiger partial charge in [0.05, 0.1) is 17.6 Å². The summed E-state index contributed by atoms with van der Waals surface area (Å²) < 4.78 is 0.891. The third-order valence-corrected chi connectivity index (χ3v) is 4.98. The SMILES string of the molecule is O=C(Cc1nnc(NC(=O)Nc2ccc(Br)cc2)s1)N/N=C\c1ccc([N+](=O)[O-])cc1. The molecule has 3 rings (SSSR count). The topological polar surface area (TPSA) is 152 Å². The van der Waals surface area contributed by atoms with Gasteiger partial charge in [0.25, 0.3) is 5.69 Å². The van der Waals surface area contributed by atoms with Crippen molar-refractivity contribution in [3.8, 4) is 0 Å². The zero-order valence-electron chi connectivity index (χ0n) is 15.6. The number of nitrogens with zero attached hydrogens (tertiary/aromatic N) is 4. The summed E-state index contributed by atoms with van der Waals surface area (Å²) in [4.78, 5) is 34.1. The third-order valence-electron chi connectivity index (χ3n) is 3.61. The van der Waals surface area contributed by atoms with E-state index in [-0.39, 0.29) is 17.2 Å². The van der Waals surface area contributed by atoms with Gasteiger partial charge in [-0.25, -0.2) is 10.2 Å².